The van der Waals surface area contributed by atoms with Crippen molar-refractivity contribution in [1.29, 1.82) is 0 Å². The van der Waals surface area contributed by atoms with Gasteiger partial charge in [-0.3, -0.25) is 34.1 Å². The molecule has 388 valence electrons. The van der Waals surface area contributed by atoms with Gasteiger partial charge < -0.3 is 14.5 Å². The van der Waals surface area contributed by atoms with E-state index in [1.165, 1.54) is 42.4 Å². The maximum atomic E-state index is 11.9. The minimum atomic E-state index is 0.0787. The van der Waals surface area contributed by atoms with Crippen LogP contribution in [-0.4, -0.2) is 72.8 Å². The van der Waals surface area contributed by atoms with Crippen LogP contribution in [0.3, 0.4) is 0 Å². The van der Waals surface area contributed by atoms with Crippen molar-refractivity contribution in [3.8, 4) is 5.75 Å². The van der Waals surface area contributed by atoms with E-state index < -0.39 is 0 Å². The Kier molecular flexibility index (Phi) is 29.8. The van der Waals surface area contributed by atoms with Gasteiger partial charge in [-0.2, -0.15) is 0 Å². The zero-order chi connectivity index (χ0) is 53.1. The van der Waals surface area contributed by atoms with Gasteiger partial charge in [0.05, 0.1) is 23.9 Å². The lowest BCUT2D eigenvalue weighted by molar-refractivity contribution is 0.0777. The van der Waals surface area contributed by atoms with Gasteiger partial charge in [-0.25, -0.2) is 4.98 Å². The van der Waals surface area contributed by atoms with Crippen molar-refractivity contribution in [3.05, 3.63) is 111 Å². The van der Waals surface area contributed by atoms with Gasteiger partial charge >= 0.3 is 0 Å². The van der Waals surface area contributed by atoms with Gasteiger partial charge in [0, 0.05) is 85.8 Å². The predicted molar refractivity (Wildman–Crippen MR) is 290 cm³/mol. The van der Waals surface area contributed by atoms with E-state index in [1.807, 2.05) is 54.1 Å². The molecule has 0 atom stereocenters. The van der Waals surface area contributed by atoms with E-state index in [0.29, 0.717) is 60.1 Å². The molecule has 2 amide bonds. The molecule has 0 saturated heterocycles. The molecule has 3 aliphatic heterocycles. The van der Waals surface area contributed by atoms with Crippen LogP contribution in [0, 0.1) is 0 Å². The summed E-state index contributed by atoms with van der Waals surface area (Å²) in [7, 11) is 0. The Hall–Kier alpha value is -5.32. The second-order valence-electron chi connectivity index (χ2n) is 19.2. The molecule has 0 saturated carbocycles. The first-order valence-electron chi connectivity index (χ1n) is 26.5. The van der Waals surface area contributed by atoms with Crippen molar-refractivity contribution in [2.45, 2.75) is 213 Å². The summed E-state index contributed by atoms with van der Waals surface area (Å²) in [5.74, 6) is 2.86. The van der Waals surface area contributed by atoms with Crippen molar-refractivity contribution >= 4 is 23.4 Å². The Morgan fingerprint density at radius 2 is 1.13 bits per heavy atom. The molecule has 0 spiro atoms. The SMILES string of the molecule is CC(C)c1cc2c(cn1)OCCCC2=O.CC(C)c1nccc2c1CCC2=O.CCC.CCC.CCC.CCC.CCN1Cc2c(cncc2C(C)C)C1=O.CCN1Cc2ccc(C(C)C)nc2C1=O. The third-order valence-electron chi connectivity index (χ3n) is 10.9. The first kappa shape index (κ1) is 62.7. The molecular weight excluding hydrogens is 873 g/mol. The van der Waals surface area contributed by atoms with Crippen LogP contribution in [0.1, 0.15) is 274 Å². The van der Waals surface area contributed by atoms with Crippen LogP contribution >= 0.6 is 0 Å². The van der Waals surface area contributed by atoms with Crippen LogP contribution in [0.15, 0.2) is 49.1 Å². The van der Waals surface area contributed by atoms with Crippen LogP contribution in [0.2, 0.25) is 0 Å². The van der Waals surface area contributed by atoms with E-state index in [9.17, 15) is 19.2 Å². The normalized spacial score (nSPS) is 13.6. The molecule has 11 nitrogen and oxygen atoms in total. The number of pyridine rings is 4. The maximum absolute atomic E-state index is 11.9. The van der Waals surface area contributed by atoms with Crippen LogP contribution in [0.25, 0.3) is 0 Å². The summed E-state index contributed by atoms with van der Waals surface area (Å²) >= 11 is 0. The summed E-state index contributed by atoms with van der Waals surface area (Å²) in [4.78, 5) is 67.8. The number of nitrogens with zero attached hydrogens (tertiary/aromatic N) is 6. The Bertz CT molecular complexity index is 2200. The van der Waals surface area contributed by atoms with E-state index in [-0.39, 0.29) is 23.4 Å². The molecule has 4 aromatic heterocycles. The maximum Gasteiger partial charge on any atom is 0.273 e. The molecule has 70 heavy (non-hydrogen) atoms. The molecule has 0 aromatic carbocycles. The topological polar surface area (TPSA) is 136 Å². The number of hydrogen-bond donors (Lipinski definition) is 0. The zero-order valence-corrected chi connectivity index (χ0v) is 46.8. The number of ether oxygens (including phenoxy) is 1. The highest BCUT2D eigenvalue weighted by Crippen LogP contribution is 2.30. The van der Waals surface area contributed by atoms with Gasteiger partial charge in [0.1, 0.15) is 11.4 Å². The summed E-state index contributed by atoms with van der Waals surface area (Å²) in [6, 6.07) is 7.77. The van der Waals surface area contributed by atoms with Crippen molar-refractivity contribution < 1.29 is 23.9 Å². The lowest BCUT2D eigenvalue weighted by Gasteiger charge is -2.12. The number of carbonyl (C=O) groups excluding carboxylic acids is 4. The smallest absolute Gasteiger partial charge is 0.273 e. The van der Waals surface area contributed by atoms with Crippen LogP contribution < -0.4 is 4.74 Å². The van der Waals surface area contributed by atoms with Crippen LogP contribution in [0.4, 0.5) is 0 Å². The monoisotopic (exact) mass is 965 g/mol. The van der Waals surface area contributed by atoms with Crippen molar-refractivity contribution in [3.63, 3.8) is 0 Å². The van der Waals surface area contributed by atoms with Crippen molar-refractivity contribution in [2.24, 2.45) is 0 Å². The fraction of sp³-hybridized carbons (Fsp3) is 0.593. The second-order valence-corrected chi connectivity index (χ2v) is 19.2. The average Bonchev–Trinajstić information content (AvgIpc) is 3.94. The number of ketones is 2. The summed E-state index contributed by atoms with van der Waals surface area (Å²) in [5.41, 5.74) is 10.7. The summed E-state index contributed by atoms with van der Waals surface area (Å²) in [6.45, 7) is 41.4. The Balaban J connectivity index is 0.000000433. The minimum Gasteiger partial charge on any atom is -0.491 e. The van der Waals surface area contributed by atoms with Gasteiger partial charge in [-0.15, -0.1) is 0 Å². The zero-order valence-electron chi connectivity index (χ0n) is 46.8. The molecule has 8 rings (SSSR count). The van der Waals surface area contributed by atoms with Crippen LogP contribution in [-0.2, 0) is 19.5 Å². The molecule has 11 heteroatoms. The molecule has 0 N–H and O–H groups in total. The van der Waals surface area contributed by atoms with Gasteiger partial charge in [-0.1, -0.05) is 143 Å². The highest BCUT2D eigenvalue weighted by molar-refractivity contribution is 6.01. The molecule has 0 unspecified atom stereocenters. The summed E-state index contributed by atoms with van der Waals surface area (Å²) < 4.78 is 5.47. The Morgan fingerprint density at radius 1 is 0.557 bits per heavy atom. The lowest BCUT2D eigenvalue weighted by atomic mass is 9.98. The number of amides is 2. The van der Waals surface area contributed by atoms with E-state index in [0.717, 1.165) is 72.8 Å². The lowest BCUT2D eigenvalue weighted by Crippen LogP contribution is -2.23. The molecular formula is C59H92N6O5. The quantitative estimate of drug-likeness (QED) is 0.185. The minimum absolute atomic E-state index is 0.0787. The standard InChI is InChI=1S/2C12H16N2O.C12H15NO2.C11H13NO.4C3H8/c1-4-14-7-11-9(8(2)3)5-13-6-10(11)12(14)15;1-4-14-7-9-5-6-10(8(2)3)13-11(9)12(14)15;1-8(2)10-6-9-11(14)4-3-5-15-12(9)7-13-10;1-7(2)11-9-3-4-10(13)8(9)5-6-12-11;4*1-3-2/h2*5-6,8H,4,7H2,1-3H3;6-8H,3-5H2,1-2H3;5-7H,3-4H2,1-2H3;4*3H2,1-2H3. The highest BCUT2D eigenvalue weighted by atomic mass is 16.5. The summed E-state index contributed by atoms with van der Waals surface area (Å²) in [6.07, 6.45) is 14.9. The number of rotatable bonds is 6. The summed E-state index contributed by atoms with van der Waals surface area (Å²) in [5, 5.41) is 0. The average molecular weight is 965 g/mol. The largest absolute Gasteiger partial charge is 0.491 e. The van der Waals surface area contributed by atoms with E-state index in [2.05, 4.69) is 131 Å². The first-order valence-corrected chi connectivity index (χ1v) is 26.5. The third-order valence-corrected chi connectivity index (χ3v) is 10.9. The van der Waals surface area contributed by atoms with E-state index in [4.69, 9.17) is 4.74 Å². The number of carbonyl (C=O) groups is 4. The Labute approximate surface area is 424 Å². The highest BCUT2D eigenvalue weighted by Gasteiger charge is 2.30. The van der Waals surface area contributed by atoms with E-state index in [1.54, 1.807) is 18.6 Å². The first-order chi connectivity index (χ1) is 33.3. The number of aromatic nitrogens is 4. The Morgan fingerprint density at radius 3 is 1.67 bits per heavy atom. The molecule has 0 radical (unpaired) electrons. The van der Waals surface area contributed by atoms with E-state index >= 15 is 0 Å². The van der Waals surface area contributed by atoms with Gasteiger partial charge in [0.2, 0.25) is 0 Å². The fourth-order valence-electron chi connectivity index (χ4n) is 7.43. The van der Waals surface area contributed by atoms with Crippen LogP contribution in [0.5, 0.6) is 5.75 Å². The van der Waals surface area contributed by atoms with Crippen molar-refractivity contribution in [1.82, 2.24) is 29.7 Å². The van der Waals surface area contributed by atoms with Gasteiger partial charge in [0.15, 0.2) is 11.6 Å². The molecule has 7 heterocycles. The number of Topliss-reactive ketones (excluding diaryl/α,β-unsaturated/α-hetero) is 2. The molecule has 4 aliphatic rings. The predicted octanol–water partition coefficient (Wildman–Crippen LogP) is 14.9. The molecule has 0 fully saturated rings. The van der Waals surface area contributed by atoms with Crippen molar-refractivity contribution in [2.75, 3.05) is 19.7 Å². The number of hydrogen-bond acceptors (Lipinski definition) is 9. The molecule has 0 bridgehead atoms. The van der Waals surface area contributed by atoms with Gasteiger partial charge in [0.25, 0.3) is 11.8 Å². The third kappa shape index (κ3) is 18.8. The fourth-order valence-corrected chi connectivity index (χ4v) is 7.43. The molecule has 1 aliphatic carbocycles. The van der Waals surface area contributed by atoms with Gasteiger partial charge in [-0.05, 0) is 85.3 Å². The molecule has 4 aromatic rings. The number of fused-ring (bicyclic) bond motifs is 4. The second kappa shape index (κ2) is 33.3.